The number of carboxylic acids is 1. The van der Waals surface area contributed by atoms with Crippen LogP contribution in [0.4, 0.5) is 0 Å². The zero-order chi connectivity index (χ0) is 20.1. The van der Waals surface area contributed by atoms with Crippen molar-refractivity contribution in [3.8, 4) is 5.75 Å². The molecule has 0 spiro atoms. The molecular weight excluding hydrogens is 354 g/mol. The Hall–Kier alpha value is -2.37. The van der Waals surface area contributed by atoms with Crippen molar-refractivity contribution in [2.45, 2.75) is 32.8 Å². The van der Waals surface area contributed by atoms with Crippen LogP contribution in [0.3, 0.4) is 0 Å². The molecule has 0 saturated carbocycles. The molecule has 0 unspecified atom stereocenters. The summed E-state index contributed by atoms with van der Waals surface area (Å²) in [6.07, 6.45) is -0.0942. The monoisotopic (exact) mass is 383 g/mol. The third kappa shape index (κ3) is 4.54. The average Bonchev–Trinajstić information content (AvgIpc) is 2.66. The molecule has 150 valence electrons. The van der Waals surface area contributed by atoms with Crippen molar-refractivity contribution >= 4 is 5.97 Å². The molecule has 5 nitrogen and oxygen atoms in total. The number of hydrogen-bond donors (Lipinski definition) is 2. The number of carbonyl (C=O) groups is 1. The van der Waals surface area contributed by atoms with Gasteiger partial charge in [-0.1, -0.05) is 48.0 Å². The third-order valence-corrected chi connectivity index (χ3v) is 5.65. The summed E-state index contributed by atoms with van der Waals surface area (Å²) in [5.74, 6) is -0.0831. The Balaban J connectivity index is 1.65. The number of aryl methyl sites for hydroxylation is 2. The minimum absolute atomic E-state index is 0.314. The molecule has 0 radical (unpaired) electrons. The van der Waals surface area contributed by atoms with Gasteiger partial charge in [-0.3, -0.25) is 9.69 Å². The van der Waals surface area contributed by atoms with E-state index in [-0.39, 0.29) is 0 Å². The summed E-state index contributed by atoms with van der Waals surface area (Å²) < 4.78 is 5.92. The molecular formula is C23H29NO4. The topological polar surface area (TPSA) is 70.0 Å². The highest BCUT2D eigenvalue weighted by Crippen LogP contribution is 2.34. The second kappa shape index (κ2) is 8.76. The summed E-state index contributed by atoms with van der Waals surface area (Å²) in [4.78, 5) is 14.3. The van der Waals surface area contributed by atoms with Gasteiger partial charge in [-0.2, -0.15) is 0 Å². The Morgan fingerprint density at radius 1 is 1.21 bits per heavy atom. The number of aliphatic carboxylic acids is 1. The van der Waals surface area contributed by atoms with E-state index in [1.54, 1.807) is 0 Å². The molecule has 2 aromatic rings. The van der Waals surface area contributed by atoms with Crippen LogP contribution >= 0.6 is 0 Å². The van der Waals surface area contributed by atoms with E-state index in [1.807, 2.05) is 56.3 Å². The molecule has 5 heteroatoms. The highest BCUT2D eigenvalue weighted by molar-refractivity contribution is 5.76. The molecule has 0 bridgehead atoms. The lowest BCUT2D eigenvalue weighted by atomic mass is 9.73. The highest BCUT2D eigenvalue weighted by Gasteiger charge is 2.49. The van der Waals surface area contributed by atoms with Crippen molar-refractivity contribution in [2.24, 2.45) is 5.41 Å². The lowest BCUT2D eigenvalue weighted by Gasteiger charge is -2.43. The molecule has 28 heavy (non-hydrogen) atoms. The zero-order valence-electron chi connectivity index (χ0n) is 16.6. The van der Waals surface area contributed by atoms with Crippen LogP contribution in [0.5, 0.6) is 5.75 Å². The van der Waals surface area contributed by atoms with Gasteiger partial charge in [0.25, 0.3) is 0 Å². The standard InChI is InChI=1S/C23H29NO4/c1-17-8-9-20(18(2)14-17)28-13-12-24-11-10-21(25)23(16-24,22(26)27)15-19-6-4-3-5-7-19/h3-9,14,21,25H,10-13,15-16H2,1-2H3,(H,26,27)/t21-,23-/m0/s1. The molecule has 1 heterocycles. The van der Waals surface area contributed by atoms with Crippen molar-refractivity contribution in [3.05, 3.63) is 65.2 Å². The van der Waals surface area contributed by atoms with Gasteiger partial charge in [0.1, 0.15) is 17.8 Å². The van der Waals surface area contributed by atoms with Gasteiger partial charge in [-0.25, -0.2) is 0 Å². The number of aliphatic hydroxyl groups is 1. The normalized spacial score (nSPS) is 22.8. The molecule has 0 amide bonds. The fraction of sp³-hybridized carbons (Fsp3) is 0.435. The molecule has 3 rings (SSSR count). The first-order chi connectivity index (χ1) is 13.4. The van der Waals surface area contributed by atoms with E-state index in [2.05, 4.69) is 11.0 Å². The SMILES string of the molecule is Cc1ccc(OCCN2CC[C@H](O)[C@@](Cc3ccccc3)(C(=O)O)C2)c(C)c1. The van der Waals surface area contributed by atoms with Crippen molar-refractivity contribution in [1.82, 2.24) is 4.90 Å². The third-order valence-electron chi connectivity index (χ3n) is 5.65. The number of carboxylic acid groups (broad SMARTS) is 1. The van der Waals surface area contributed by atoms with Crippen LogP contribution in [-0.2, 0) is 11.2 Å². The molecule has 1 saturated heterocycles. The smallest absolute Gasteiger partial charge is 0.313 e. The van der Waals surface area contributed by atoms with Gasteiger partial charge in [0.15, 0.2) is 0 Å². The Labute approximate surface area is 166 Å². The van der Waals surface area contributed by atoms with Crippen LogP contribution in [0.25, 0.3) is 0 Å². The Morgan fingerprint density at radius 2 is 1.96 bits per heavy atom. The lowest BCUT2D eigenvalue weighted by Crippen LogP contribution is -2.57. The van der Waals surface area contributed by atoms with Crippen LogP contribution in [-0.4, -0.2) is 53.4 Å². The first-order valence-electron chi connectivity index (χ1n) is 9.78. The van der Waals surface area contributed by atoms with Gasteiger partial charge >= 0.3 is 5.97 Å². The number of likely N-dealkylation sites (tertiary alicyclic amines) is 1. The predicted octanol–water partition coefficient (Wildman–Crippen LogP) is 3.06. The van der Waals surface area contributed by atoms with Crippen LogP contribution in [0, 0.1) is 19.3 Å². The summed E-state index contributed by atoms with van der Waals surface area (Å²) in [5.41, 5.74) is 2.02. The largest absolute Gasteiger partial charge is 0.492 e. The van der Waals surface area contributed by atoms with Gasteiger partial charge in [-0.05, 0) is 43.9 Å². The van der Waals surface area contributed by atoms with Crippen LogP contribution < -0.4 is 4.74 Å². The maximum atomic E-state index is 12.2. The fourth-order valence-electron chi connectivity index (χ4n) is 4.02. The summed E-state index contributed by atoms with van der Waals surface area (Å²) >= 11 is 0. The maximum Gasteiger partial charge on any atom is 0.313 e. The number of nitrogens with zero attached hydrogens (tertiary/aromatic N) is 1. The van der Waals surface area contributed by atoms with Crippen molar-refractivity contribution < 1.29 is 19.7 Å². The average molecular weight is 383 g/mol. The molecule has 0 aromatic heterocycles. The number of piperidine rings is 1. The summed E-state index contributed by atoms with van der Waals surface area (Å²) in [6.45, 7) is 6.17. The van der Waals surface area contributed by atoms with Gasteiger partial charge < -0.3 is 14.9 Å². The van der Waals surface area contributed by atoms with Crippen LogP contribution in [0.1, 0.15) is 23.1 Å². The number of aliphatic hydroxyl groups excluding tert-OH is 1. The fourth-order valence-corrected chi connectivity index (χ4v) is 4.02. The molecule has 2 N–H and O–H groups in total. The molecule has 0 aliphatic carbocycles. The summed E-state index contributed by atoms with van der Waals surface area (Å²) in [7, 11) is 0. The van der Waals surface area contributed by atoms with Gasteiger partial charge in [0.2, 0.25) is 0 Å². The van der Waals surface area contributed by atoms with E-state index in [4.69, 9.17) is 4.74 Å². The number of hydrogen-bond acceptors (Lipinski definition) is 4. The van der Waals surface area contributed by atoms with E-state index >= 15 is 0 Å². The van der Waals surface area contributed by atoms with Gasteiger partial charge in [0, 0.05) is 19.6 Å². The minimum atomic E-state index is -1.20. The second-order valence-corrected chi connectivity index (χ2v) is 7.82. The van der Waals surface area contributed by atoms with Crippen molar-refractivity contribution in [3.63, 3.8) is 0 Å². The Kier molecular flexibility index (Phi) is 6.37. The van der Waals surface area contributed by atoms with E-state index in [1.165, 1.54) is 5.56 Å². The lowest BCUT2D eigenvalue weighted by molar-refractivity contribution is -0.163. The van der Waals surface area contributed by atoms with Crippen LogP contribution in [0.2, 0.25) is 0 Å². The number of rotatable bonds is 7. The first kappa shape index (κ1) is 20.4. The van der Waals surface area contributed by atoms with E-state index in [9.17, 15) is 15.0 Å². The molecule has 2 aromatic carbocycles. The summed E-state index contributed by atoms with van der Waals surface area (Å²) in [6, 6.07) is 15.6. The maximum absolute atomic E-state index is 12.2. The molecule has 1 aliphatic heterocycles. The van der Waals surface area contributed by atoms with E-state index < -0.39 is 17.5 Å². The van der Waals surface area contributed by atoms with E-state index in [0.717, 1.165) is 16.9 Å². The number of benzene rings is 2. The quantitative estimate of drug-likeness (QED) is 0.769. The molecule has 2 atom stereocenters. The zero-order valence-corrected chi connectivity index (χ0v) is 16.6. The number of ether oxygens (including phenoxy) is 1. The molecule has 1 fully saturated rings. The Morgan fingerprint density at radius 3 is 2.64 bits per heavy atom. The Bertz CT molecular complexity index is 808. The van der Waals surface area contributed by atoms with Gasteiger partial charge in [-0.15, -0.1) is 0 Å². The van der Waals surface area contributed by atoms with Crippen molar-refractivity contribution in [1.29, 1.82) is 0 Å². The van der Waals surface area contributed by atoms with Gasteiger partial charge in [0.05, 0.1) is 6.10 Å². The van der Waals surface area contributed by atoms with Crippen LogP contribution in [0.15, 0.2) is 48.5 Å². The summed E-state index contributed by atoms with van der Waals surface area (Å²) in [5, 5.41) is 20.6. The first-order valence-corrected chi connectivity index (χ1v) is 9.78. The minimum Gasteiger partial charge on any atom is -0.492 e. The molecule has 1 aliphatic rings. The highest BCUT2D eigenvalue weighted by atomic mass is 16.5. The predicted molar refractivity (Wildman–Crippen MR) is 109 cm³/mol. The second-order valence-electron chi connectivity index (χ2n) is 7.82. The van der Waals surface area contributed by atoms with Crippen molar-refractivity contribution in [2.75, 3.05) is 26.2 Å². The van der Waals surface area contributed by atoms with E-state index in [0.29, 0.717) is 39.1 Å².